The first-order valence-corrected chi connectivity index (χ1v) is 13.9. The number of esters is 2. The fraction of sp³-hybridized carbons (Fsp3) is 0.742. The van der Waals surface area contributed by atoms with Gasteiger partial charge in [-0.1, -0.05) is 27.7 Å². The number of aryl methyl sites for hydroxylation is 1. The quantitative estimate of drug-likeness (QED) is 0.332. The summed E-state index contributed by atoms with van der Waals surface area (Å²) in [5, 5.41) is 0. The Bertz CT molecular complexity index is 1090. The van der Waals surface area contributed by atoms with Crippen LogP contribution < -0.4 is 9.47 Å². The number of carbonyl (C=O) groups excluding carboxylic acids is 2. The molecule has 0 aromatic heterocycles. The zero-order chi connectivity index (χ0) is 26.3. The molecule has 198 valence electrons. The van der Waals surface area contributed by atoms with Crippen LogP contribution in [0.3, 0.4) is 0 Å². The van der Waals surface area contributed by atoms with Gasteiger partial charge in [-0.25, -0.2) is 0 Å². The number of hydrogen-bond acceptors (Lipinski definition) is 5. The van der Waals surface area contributed by atoms with Gasteiger partial charge >= 0.3 is 11.9 Å². The number of fused-ring (bicyclic) bond motifs is 6. The maximum Gasteiger partial charge on any atom is 0.308 e. The number of rotatable bonds is 2. The van der Waals surface area contributed by atoms with Crippen molar-refractivity contribution in [3.8, 4) is 11.5 Å². The zero-order valence-corrected chi connectivity index (χ0v) is 23.5. The number of carbonyl (C=O) groups is 2. The Labute approximate surface area is 216 Å². The van der Waals surface area contributed by atoms with Gasteiger partial charge in [0.05, 0.1) is 0 Å². The van der Waals surface area contributed by atoms with Gasteiger partial charge in [0.15, 0.2) is 0 Å². The van der Waals surface area contributed by atoms with Crippen LogP contribution in [-0.2, 0) is 20.7 Å². The summed E-state index contributed by atoms with van der Waals surface area (Å²) in [7, 11) is 0. The standard InChI is InChI=1S/C31H44O5/c1-18-15-22(34-19(2)32)16-21-17-25-30(7)12-9-23-28(4,5)26(35-20(3)33)11-13-29(23,6)24(30)10-14-31(25,8)36-27(18)21/h15-16,23-26H,9-14,17H2,1-8H3/t23-,24+,25-,26-,29-,30+,31-/m0/s1. The smallest absolute Gasteiger partial charge is 0.308 e. The summed E-state index contributed by atoms with van der Waals surface area (Å²) >= 11 is 0. The first-order valence-electron chi connectivity index (χ1n) is 13.9. The summed E-state index contributed by atoms with van der Waals surface area (Å²) in [6, 6.07) is 3.95. The molecule has 1 heterocycles. The van der Waals surface area contributed by atoms with Crippen LogP contribution in [0.5, 0.6) is 11.5 Å². The molecule has 5 nitrogen and oxygen atoms in total. The first kappa shape index (κ1) is 25.6. The van der Waals surface area contributed by atoms with Crippen molar-refractivity contribution in [2.75, 3.05) is 0 Å². The van der Waals surface area contributed by atoms with Crippen molar-refractivity contribution in [2.45, 2.75) is 112 Å². The second kappa shape index (κ2) is 8.23. The Morgan fingerprint density at radius 2 is 1.50 bits per heavy atom. The second-order valence-corrected chi connectivity index (χ2v) is 13.6. The molecule has 1 aromatic rings. The van der Waals surface area contributed by atoms with Gasteiger partial charge in [0.2, 0.25) is 0 Å². The fourth-order valence-electron chi connectivity index (χ4n) is 9.71. The Kier molecular flexibility index (Phi) is 5.85. The van der Waals surface area contributed by atoms with Crippen molar-refractivity contribution < 1.29 is 23.8 Å². The molecule has 0 radical (unpaired) electrons. The first-order chi connectivity index (χ1) is 16.7. The van der Waals surface area contributed by atoms with E-state index in [4.69, 9.17) is 14.2 Å². The Balaban J connectivity index is 1.50. The van der Waals surface area contributed by atoms with Crippen LogP contribution in [0.25, 0.3) is 0 Å². The molecule has 36 heavy (non-hydrogen) atoms. The van der Waals surface area contributed by atoms with Crippen molar-refractivity contribution in [3.63, 3.8) is 0 Å². The Morgan fingerprint density at radius 1 is 0.861 bits per heavy atom. The lowest BCUT2D eigenvalue weighted by Crippen LogP contribution is -2.66. The third-order valence-corrected chi connectivity index (χ3v) is 11.1. The van der Waals surface area contributed by atoms with E-state index in [-0.39, 0.29) is 39.9 Å². The minimum absolute atomic E-state index is 0.00106. The highest BCUT2D eigenvalue weighted by atomic mass is 16.5. The van der Waals surface area contributed by atoms with Crippen LogP contribution in [-0.4, -0.2) is 23.6 Å². The minimum atomic E-state index is -0.293. The van der Waals surface area contributed by atoms with Crippen LogP contribution in [0, 0.1) is 40.9 Å². The number of hydrogen-bond donors (Lipinski definition) is 0. The van der Waals surface area contributed by atoms with E-state index in [9.17, 15) is 9.59 Å². The summed E-state index contributed by atoms with van der Waals surface area (Å²) in [5.41, 5.74) is 2.35. The van der Waals surface area contributed by atoms with E-state index in [1.54, 1.807) is 6.92 Å². The third-order valence-electron chi connectivity index (χ3n) is 11.1. The molecule has 0 saturated heterocycles. The number of benzene rings is 1. The summed E-state index contributed by atoms with van der Waals surface area (Å²) in [4.78, 5) is 23.5. The monoisotopic (exact) mass is 496 g/mol. The van der Waals surface area contributed by atoms with Crippen molar-refractivity contribution in [2.24, 2.45) is 34.0 Å². The van der Waals surface area contributed by atoms with E-state index in [2.05, 4.69) is 41.5 Å². The van der Waals surface area contributed by atoms with Gasteiger partial charge in [-0.15, -0.1) is 0 Å². The van der Waals surface area contributed by atoms with Crippen LogP contribution in [0.15, 0.2) is 12.1 Å². The van der Waals surface area contributed by atoms with Crippen LogP contribution in [0.2, 0.25) is 0 Å². The fourth-order valence-corrected chi connectivity index (χ4v) is 9.71. The average Bonchev–Trinajstić information content (AvgIpc) is 2.74. The average molecular weight is 497 g/mol. The third kappa shape index (κ3) is 3.70. The van der Waals surface area contributed by atoms with Gasteiger partial charge in [-0.3, -0.25) is 9.59 Å². The van der Waals surface area contributed by atoms with Crippen molar-refractivity contribution in [1.29, 1.82) is 0 Å². The topological polar surface area (TPSA) is 61.8 Å². The molecule has 5 heteroatoms. The molecule has 0 bridgehead atoms. The molecule has 7 atom stereocenters. The molecule has 3 aliphatic carbocycles. The maximum absolute atomic E-state index is 11.9. The zero-order valence-electron chi connectivity index (χ0n) is 23.5. The molecular formula is C31H44O5. The molecule has 0 N–H and O–H groups in total. The van der Waals surface area contributed by atoms with Gasteiger partial charge in [-0.05, 0) is 105 Å². The SMILES string of the molecule is CC(=O)Oc1cc(C)c2c(c1)C[C@H]1[C@]3(C)CC[C@H]4C(C)(C)[C@@H](OC(C)=O)CC[C@]4(C)[C@H]3CC[C@]1(C)O2. The molecule has 0 amide bonds. The van der Waals surface area contributed by atoms with Gasteiger partial charge in [-0.2, -0.15) is 0 Å². The van der Waals surface area contributed by atoms with Crippen molar-refractivity contribution in [1.82, 2.24) is 0 Å². The predicted octanol–water partition coefficient (Wildman–Crippen LogP) is 6.81. The molecule has 1 aliphatic heterocycles. The van der Waals surface area contributed by atoms with Crippen LogP contribution >= 0.6 is 0 Å². The maximum atomic E-state index is 11.9. The molecular weight excluding hydrogens is 452 g/mol. The van der Waals surface area contributed by atoms with E-state index >= 15 is 0 Å². The summed E-state index contributed by atoms with van der Waals surface area (Å²) in [6.07, 6.45) is 7.54. The molecule has 5 rings (SSSR count). The largest absolute Gasteiger partial charge is 0.487 e. The second-order valence-electron chi connectivity index (χ2n) is 13.6. The highest BCUT2D eigenvalue weighted by Gasteiger charge is 2.67. The van der Waals surface area contributed by atoms with E-state index in [0.717, 1.165) is 49.8 Å². The van der Waals surface area contributed by atoms with E-state index in [0.29, 0.717) is 23.5 Å². The molecule has 3 fully saturated rings. The highest BCUT2D eigenvalue weighted by Crippen LogP contribution is 2.71. The molecule has 0 unspecified atom stereocenters. The van der Waals surface area contributed by atoms with Gasteiger partial charge in [0.1, 0.15) is 23.2 Å². The molecule has 4 aliphatic rings. The lowest BCUT2D eigenvalue weighted by atomic mass is 9.37. The van der Waals surface area contributed by atoms with E-state index < -0.39 is 0 Å². The van der Waals surface area contributed by atoms with Crippen LogP contribution in [0.4, 0.5) is 0 Å². The highest BCUT2D eigenvalue weighted by molar-refractivity contribution is 5.70. The summed E-state index contributed by atoms with van der Waals surface area (Å²) < 4.78 is 18.2. The van der Waals surface area contributed by atoms with Crippen molar-refractivity contribution >= 4 is 11.9 Å². The minimum Gasteiger partial charge on any atom is -0.487 e. The summed E-state index contributed by atoms with van der Waals surface area (Å²) in [6.45, 7) is 17.1. The molecule has 1 aromatic carbocycles. The van der Waals surface area contributed by atoms with E-state index in [1.165, 1.54) is 18.9 Å². The normalized spacial score (nSPS) is 40.4. The van der Waals surface area contributed by atoms with E-state index in [1.807, 2.05) is 12.1 Å². The lowest BCUT2D eigenvalue weighted by molar-refractivity contribution is -0.228. The van der Waals surface area contributed by atoms with Gasteiger partial charge in [0.25, 0.3) is 0 Å². The lowest BCUT2D eigenvalue weighted by Gasteiger charge is -2.69. The Morgan fingerprint density at radius 3 is 2.17 bits per heavy atom. The van der Waals surface area contributed by atoms with Crippen molar-refractivity contribution in [3.05, 3.63) is 23.3 Å². The molecule has 0 spiro atoms. The van der Waals surface area contributed by atoms with Gasteiger partial charge in [0, 0.05) is 25.2 Å². The Hall–Kier alpha value is -2.04. The number of ether oxygens (including phenoxy) is 3. The molecule has 3 saturated carbocycles. The van der Waals surface area contributed by atoms with Gasteiger partial charge < -0.3 is 14.2 Å². The summed E-state index contributed by atoms with van der Waals surface area (Å²) in [5.74, 6) is 2.67. The predicted molar refractivity (Wildman–Crippen MR) is 139 cm³/mol. The van der Waals surface area contributed by atoms with Crippen LogP contribution in [0.1, 0.15) is 98.1 Å².